The third kappa shape index (κ3) is 3.37. The van der Waals surface area contributed by atoms with E-state index in [1.807, 2.05) is 0 Å². The van der Waals surface area contributed by atoms with Gasteiger partial charge >= 0.3 is 0 Å². The first-order valence-electron chi connectivity index (χ1n) is 6.47. The Labute approximate surface area is 118 Å². The number of carbonyl (C=O) groups excluding carboxylic acids is 1. The van der Waals surface area contributed by atoms with Gasteiger partial charge in [-0.1, -0.05) is 5.16 Å². The summed E-state index contributed by atoms with van der Waals surface area (Å²) in [5, 5.41) is 3.78. The van der Waals surface area contributed by atoms with Crippen LogP contribution in [0, 0.1) is 13.8 Å². The maximum Gasteiger partial charge on any atom is 0.259 e. The lowest BCUT2D eigenvalue weighted by molar-refractivity contribution is 0.0700. The molecule has 1 aromatic rings. The Morgan fingerprint density at radius 1 is 1.45 bits per heavy atom. The van der Waals surface area contributed by atoms with Crippen molar-refractivity contribution in [3.8, 4) is 0 Å². The van der Waals surface area contributed by atoms with Crippen LogP contribution >= 0.6 is 0 Å². The SMILES string of the molecule is Cc1noc(C)c1C(=O)N1CCC[C@@H](NS(C)(=O)=O)C1. The number of aryl methyl sites for hydroxylation is 2. The van der Waals surface area contributed by atoms with E-state index >= 15 is 0 Å². The molecule has 1 atom stereocenters. The number of nitrogens with one attached hydrogen (secondary N) is 1. The van der Waals surface area contributed by atoms with Crippen LogP contribution in [-0.4, -0.2) is 49.8 Å². The zero-order valence-corrected chi connectivity index (χ0v) is 12.7. The number of hydrogen-bond donors (Lipinski definition) is 1. The largest absolute Gasteiger partial charge is 0.361 e. The first-order valence-corrected chi connectivity index (χ1v) is 8.36. The number of amides is 1. The molecule has 8 heteroatoms. The summed E-state index contributed by atoms with van der Waals surface area (Å²) < 4.78 is 30.1. The van der Waals surface area contributed by atoms with Gasteiger partial charge in [0.2, 0.25) is 10.0 Å². The highest BCUT2D eigenvalue weighted by molar-refractivity contribution is 7.88. The lowest BCUT2D eigenvalue weighted by Gasteiger charge is -2.32. The van der Waals surface area contributed by atoms with Gasteiger partial charge in [0.05, 0.1) is 11.9 Å². The third-order valence-electron chi connectivity index (χ3n) is 3.34. The summed E-state index contributed by atoms with van der Waals surface area (Å²) in [6.07, 6.45) is 2.63. The Kier molecular flexibility index (Phi) is 4.14. The monoisotopic (exact) mass is 301 g/mol. The molecule has 112 valence electrons. The number of piperidine rings is 1. The molecule has 1 aromatic heterocycles. The molecule has 0 unspecified atom stereocenters. The van der Waals surface area contributed by atoms with Crippen LogP contribution in [0.25, 0.3) is 0 Å². The van der Waals surface area contributed by atoms with Gasteiger partial charge in [0, 0.05) is 19.1 Å². The topological polar surface area (TPSA) is 92.5 Å². The van der Waals surface area contributed by atoms with E-state index in [0.717, 1.165) is 19.1 Å². The van der Waals surface area contributed by atoms with E-state index in [1.54, 1.807) is 18.7 Å². The molecule has 2 heterocycles. The molecule has 0 aromatic carbocycles. The molecule has 7 nitrogen and oxygen atoms in total. The van der Waals surface area contributed by atoms with Gasteiger partial charge in [-0.25, -0.2) is 13.1 Å². The van der Waals surface area contributed by atoms with Crippen molar-refractivity contribution in [3.05, 3.63) is 17.0 Å². The highest BCUT2D eigenvalue weighted by Gasteiger charge is 2.29. The van der Waals surface area contributed by atoms with Crippen LogP contribution in [0.15, 0.2) is 4.52 Å². The standard InChI is InChI=1S/C12H19N3O4S/c1-8-11(9(2)19-13-8)12(16)15-6-4-5-10(7-15)14-20(3,17)18/h10,14H,4-7H2,1-3H3/t10-/m1/s1. The zero-order chi connectivity index (χ0) is 14.9. The molecular formula is C12H19N3O4S. The second-order valence-electron chi connectivity index (χ2n) is 5.18. The van der Waals surface area contributed by atoms with Crippen molar-refractivity contribution >= 4 is 15.9 Å². The van der Waals surface area contributed by atoms with Gasteiger partial charge in [-0.05, 0) is 26.7 Å². The fourth-order valence-electron chi connectivity index (χ4n) is 2.51. The Morgan fingerprint density at radius 3 is 2.70 bits per heavy atom. The highest BCUT2D eigenvalue weighted by Crippen LogP contribution is 2.19. The van der Waals surface area contributed by atoms with Gasteiger partial charge in [-0.3, -0.25) is 4.79 Å². The van der Waals surface area contributed by atoms with Crippen LogP contribution in [0.3, 0.4) is 0 Å². The second-order valence-corrected chi connectivity index (χ2v) is 6.96. The molecule has 1 N–H and O–H groups in total. The summed E-state index contributed by atoms with van der Waals surface area (Å²) in [5.74, 6) is 0.340. The van der Waals surface area contributed by atoms with E-state index in [1.165, 1.54) is 0 Å². The molecule has 1 aliphatic rings. The zero-order valence-electron chi connectivity index (χ0n) is 11.8. The second kappa shape index (κ2) is 5.53. The van der Waals surface area contributed by atoms with Crippen LogP contribution in [0.5, 0.6) is 0 Å². The van der Waals surface area contributed by atoms with Gasteiger partial charge in [0.25, 0.3) is 5.91 Å². The summed E-state index contributed by atoms with van der Waals surface area (Å²) in [7, 11) is -3.26. The summed E-state index contributed by atoms with van der Waals surface area (Å²) in [5.41, 5.74) is 1.04. The summed E-state index contributed by atoms with van der Waals surface area (Å²) in [4.78, 5) is 14.1. The number of sulfonamides is 1. The minimum Gasteiger partial charge on any atom is -0.361 e. The number of likely N-dealkylation sites (tertiary alicyclic amines) is 1. The van der Waals surface area contributed by atoms with Gasteiger partial charge in [0.1, 0.15) is 11.3 Å². The fourth-order valence-corrected chi connectivity index (χ4v) is 3.30. The quantitative estimate of drug-likeness (QED) is 0.875. The Balaban J connectivity index is 2.11. The predicted molar refractivity (Wildman–Crippen MR) is 72.9 cm³/mol. The van der Waals surface area contributed by atoms with Crippen molar-refractivity contribution in [2.45, 2.75) is 32.7 Å². The number of rotatable bonds is 3. The lowest BCUT2D eigenvalue weighted by Crippen LogP contribution is -2.49. The minimum absolute atomic E-state index is 0.152. The Bertz CT molecular complexity index is 589. The van der Waals surface area contributed by atoms with Gasteiger partial charge in [-0.2, -0.15) is 0 Å². The van der Waals surface area contributed by atoms with Crippen LogP contribution < -0.4 is 4.72 Å². The number of hydrogen-bond acceptors (Lipinski definition) is 5. The van der Waals surface area contributed by atoms with E-state index in [9.17, 15) is 13.2 Å². The molecule has 1 fully saturated rings. The molecule has 0 bridgehead atoms. The van der Waals surface area contributed by atoms with Crippen LogP contribution in [0.4, 0.5) is 0 Å². The van der Waals surface area contributed by atoms with E-state index in [4.69, 9.17) is 4.52 Å². The molecule has 0 radical (unpaired) electrons. The summed E-state index contributed by atoms with van der Waals surface area (Å²) >= 11 is 0. The van der Waals surface area contributed by atoms with E-state index in [2.05, 4.69) is 9.88 Å². The average molecular weight is 301 g/mol. The van der Waals surface area contributed by atoms with Crippen molar-refractivity contribution in [1.82, 2.24) is 14.8 Å². The van der Waals surface area contributed by atoms with Crippen LogP contribution in [-0.2, 0) is 10.0 Å². The normalized spacial score (nSPS) is 20.1. The van der Waals surface area contributed by atoms with Crippen molar-refractivity contribution in [3.63, 3.8) is 0 Å². The molecule has 2 rings (SSSR count). The van der Waals surface area contributed by atoms with Gasteiger partial charge in [-0.15, -0.1) is 0 Å². The average Bonchev–Trinajstić information content (AvgIpc) is 2.66. The van der Waals surface area contributed by atoms with Crippen molar-refractivity contribution in [2.24, 2.45) is 0 Å². The molecule has 20 heavy (non-hydrogen) atoms. The maximum atomic E-state index is 12.5. The molecule has 0 aliphatic carbocycles. The molecule has 0 spiro atoms. The minimum atomic E-state index is -3.26. The fraction of sp³-hybridized carbons (Fsp3) is 0.667. The van der Waals surface area contributed by atoms with Gasteiger partial charge in [0.15, 0.2) is 0 Å². The molecule has 1 aliphatic heterocycles. The third-order valence-corrected chi connectivity index (χ3v) is 4.10. The van der Waals surface area contributed by atoms with Crippen LogP contribution in [0.1, 0.15) is 34.7 Å². The smallest absolute Gasteiger partial charge is 0.259 e. The van der Waals surface area contributed by atoms with Gasteiger partial charge < -0.3 is 9.42 Å². The van der Waals surface area contributed by atoms with Crippen LogP contribution in [0.2, 0.25) is 0 Å². The molecule has 1 amide bonds. The summed E-state index contributed by atoms with van der Waals surface area (Å²) in [6.45, 7) is 4.41. The van der Waals surface area contributed by atoms with Crippen molar-refractivity contribution < 1.29 is 17.7 Å². The molecule has 0 saturated carbocycles. The van der Waals surface area contributed by atoms with E-state index < -0.39 is 10.0 Å². The Morgan fingerprint density at radius 2 is 2.15 bits per heavy atom. The number of aromatic nitrogens is 1. The maximum absolute atomic E-state index is 12.5. The van der Waals surface area contributed by atoms with E-state index in [0.29, 0.717) is 30.1 Å². The van der Waals surface area contributed by atoms with Crippen molar-refractivity contribution in [1.29, 1.82) is 0 Å². The lowest BCUT2D eigenvalue weighted by atomic mass is 10.0. The first-order chi connectivity index (χ1) is 9.28. The molecular weight excluding hydrogens is 282 g/mol. The predicted octanol–water partition coefficient (Wildman–Crippen LogP) is 0.445. The number of carbonyl (C=O) groups is 1. The first kappa shape index (κ1) is 15.0. The summed E-state index contributed by atoms with van der Waals surface area (Å²) in [6, 6.07) is -0.233. The Hall–Kier alpha value is -1.41. The molecule has 1 saturated heterocycles. The number of nitrogens with zero attached hydrogens (tertiary/aromatic N) is 2. The van der Waals surface area contributed by atoms with Crippen molar-refractivity contribution in [2.75, 3.05) is 19.3 Å². The highest BCUT2D eigenvalue weighted by atomic mass is 32.2. The van der Waals surface area contributed by atoms with E-state index in [-0.39, 0.29) is 11.9 Å².